The summed E-state index contributed by atoms with van der Waals surface area (Å²) in [6.45, 7) is 0.297. The van der Waals surface area contributed by atoms with Crippen molar-refractivity contribution in [2.45, 2.75) is 12.8 Å². The lowest BCUT2D eigenvalue weighted by molar-refractivity contribution is 0.0590. The molecular weight excluding hydrogens is 484 g/mol. The van der Waals surface area contributed by atoms with Gasteiger partial charge < -0.3 is 10.2 Å². The third-order valence-electron chi connectivity index (χ3n) is 7.18. The second-order valence-corrected chi connectivity index (χ2v) is 9.43. The molecule has 2 aliphatic heterocycles. The van der Waals surface area contributed by atoms with Gasteiger partial charge >= 0.3 is 0 Å². The quantitative estimate of drug-likeness (QED) is 0.383. The van der Waals surface area contributed by atoms with Crippen LogP contribution in [0.5, 0.6) is 11.5 Å². The van der Waals surface area contributed by atoms with Crippen molar-refractivity contribution >= 4 is 34.4 Å². The highest BCUT2D eigenvalue weighted by molar-refractivity contribution is 6.33. The maximum atomic E-state index is 13.4. The first-order chi connectivity index (χ1) is 18.3. The van der Waals surface area contributed by atoms with E-state index >= 15 is 0 Å². The Morgan fingerprint density at radius 1 is 0.447 bits per heavy atom. The van der Waals surface area contributed by atoms with E-state index in [1.807, 2.05) is 0 Å². The molecule has 188 valence electrons. The lowest BCUT2D eigenvalue weighted by atomic mass is 9.85. The number of hydrogen-bond acceptors (Lipinski definition) is 6. The van der Waals surface area contributed by atoms with E-state index < -0.39 is 23.6 Å². The van der Waals surface area contributed by atoms with E-state index in [2.05, 4.69) is 0 Å². The van der Waals surface area contributed by atoms with Crippen LogP contribution in [0.1, 0.15) is 52.6 Å². The molecule has 0 fully saturated rings. The molecule has 6 rings (SSSR count). The fourth-order valence-electron chi connectivity index (χ4n) is 5.19. The number of hydrogen-bond donors (Lipinski definition) is 2. The van der Waals surface area contributed by atoms with Gasteiger partial charge in [-0.05, 0) is 72.5 Å². The number of phenolic OH excluding ortho intramolecular Hbond substituents is 2. The van der Waals surface area contributed by atoms with Crippen LogP contribution >= 0.6 is 0 Å². The minimum absolute atomic E-state index is 0.135. The average Bonchev–Trinajstić information content (AvgIpc) is 2.92. The molecule has 2 N–H and O–H groups in total. The number of imide groups is 2. The van der Waals surface area contributed by atoms with Crippen molar-refractivity contribution in [3.8, 4) is 11.5 Å². The molecule has 0 bridgehead atoms. The van der Waals surface area contributed by atoms with Gasteiger partial charge in [0, 0.05) is 46.1 Å². The molecule has 0 radical (unpaired) electrons. The predicted molar refractivity (Wildman–Crippen MR) is 138 cm³/mol. The molecule has 38 heavy (non-hydrogen) atoms. The summed E-state index contributed by atoms with van der Waals surface area (Å²) in [7, 11) is 0. The van der Waals surface area contributed by atoms with Crippen LogP contribution in [0.3, 0.4) is 0 Å². The minimum atomic E-state index is -0.473. The normalized spacial score (nSPS) is 14.5. The van der Waals surface area contributed by atoms with Crippen LogP contribution in [-0.2, 0) is 12.8 Å². The Kier molecular flexibility index (Phi) is 5.45. The molecule has 0 atom stereocenters. The van der Waals surface area contributed by atoms with Crippen LogP contribution in [0.2, 0.25) is 0 Å². The number of phenols is 2. The van der Waals surface area contributed by atoms with Crippen LogP contribution in [0.4, 0.5) is 0 Å². The number of carbonyl (C=O) groups excluding carboxylic acids is 4. The molecule has 0 saturated heterocycles. The molecule has 0 spiro atoms. The van der Waals surface area contributed by atoms with Gasteiger partial charge in [0.15, 0.2) is 0 Å². The van der Waals surface area contributed by atoms with E-state index in [1.54, 1.807) is 72.8 Å². The van der Waals surface area contributed by atoms with Gasteiger partial charge in [-0.1, -0.05) is 24.3 Å². The lowest BCUT2D eigenvalue weighted by Crippen LogP contribution is -2.44. The van der Waals surface area contributed by atoms with Gasteiger partial charge in [0.2, 0.25) is 0 Å². The SMILES string of the molecule is O=C1c2ccc3c4c(ccc(c24)C(=O)N1CCc1ccc(O)cc1)C(=O)N(CCc1ccc(O)cc1)C3=O. The van der Waals surface area contributed by atoms with Crippen LogP contribution in [-0.4, -0.2) is 56.7 Å². The zero-order valence-electron chi connectivity index (χ0n) is 20.2. The van der Waals surface area contributed by atoms with Gasteiger partial charge in [0.1, 0.15) is 11.5 Å². The number of carbonyl (C=O) groups is 4. The summed E-state index contributed by atoms with van der Waals surface area (Å²) in [6.07, 6.45) is 0.832. The van der Waals surface area contributed by atoms with E-state index in [-0.39, 0.29) is 46.8 Å². The Labute approximate surface area is 217 Å². The molecule has 4 aromatic rings. The molecule has 0 saturated carbocycles. The van der Waals surface area contributed by atoms with Crippen molar-refractivity contribution in [3.63, 3.8) is 0 Å². The minimum Gasteiger partial charge on any atom is -0.508 e. The van der Waals surface area contributed by atoms with Crippen molar-refractivity contribution in [3.05, 3.63) is 106 Å². The average molecular weight is 507 g/mol. The Hall–Kier alpha value is -4.98. The summed E-state index contributed by atoms with van der Waals surface area (Å²) in [6, 6.07) is 19.4. The number of benzene rings is 4. The van der Waals surface area contributed by atoms with E-state index in [0.717, 1.165) is 11.1 Å². The highest BCUT2D eigenvalue weighted by Gasteiger charge is 2.39. The van der Waals surface area contributed by atoms with E-state index in [9.17, 15) is 29.4 Å². The smallest absolute Gasteiger partial charge is 0.261 e. The second kappa shape index (κ2) is 8.85. The largest absolute Gasteiger partial charge is 0.508 e. The molecule has 4 aromatic carbocycles. The molecule has 0 aliphatic carbocycles. The fraction of sp³-hybridized carbons (Fsp3) is 0.133. The molecule has 8 nitrogen and oxygen atoms in total. The van der Waals surface area contributed by atoms with Crippen LogP contribution in [0.25, 0.3) is 10.8 Å². The molecule has 8 heteroatoms. The van der Waals surface area contributed by atoms with Crippen molar-refractivity contribution in [2.24, 2.45) is 0 Å². The Morgan fingerprint density at radius 3 is 1.03 bits per heavy atom. The first-order valence-electron chi connectivity index (χ1n) is 12.2. The Bertz CT molecular complexity index is 1460. The van der Waals surface area contributed by atoms with E-state index in [4.69, 9.17) is 0 Å². The van der Waals surface area contributed by atoms with Crippen molar-refractivity contribution in [1.29, 1.82) is 0 Å². The first-order valence-corrected chi connectivity index (χ1v) is 12.2. The maximum Gasteiger partial charge on any atom is 0.261 e. The summed E-state index contributed by atoms with van der Waals surface area (Å²) >= 11 is 0. The second-order valence-electron chi connectivity index (χ2n) is 9.43. The van der Waals surface area contributed by atoms with Crippen LogP contribution in [0, 0.1) is 0 Å². The maximum absolute atomic E-state index is 13.4. The third-order valence-corrected chi connectivity index (χ3v) is 7.18. The number of rotatable bonds is 6. The van der Waals surface area contributed by atoms with Gasteiger partial charge in [-0.15, -0.1) is 0 Å². The standard InChI is InChI=1S/C30H22N2O6/c33-19-5-1-17(2-6-19)13-15-31-27(35)21-9-11-23-26-24(12-10-22(25(21)26)28(31)36)30(38)32(29(23)37)16-14-18-3-7-20(34)8-4-18/h1-12,33-34H,13-16H2. The van der Waals surface area contributed by atoms with E-state index in [0.29, 0.717) is 23.6 Å². The Balaban J connectivity index is 1.32. The molecular formula is C30H22N2O6. The molecule has 2 heterocycles. The lowest BCUT2D eigenvalue weighted by Gasteiger charge is -2.32. The fourth-order valence-corrected chi connectivity index (χ4v) is 5.19. The Morgan fingerprint density at radius 2 is 0.737 bits per heavy atom. The molecule has 0 aromatic heterocycles. The zero-order chi connectivity index (χ0) is 26.6. The van der Waals surface area contributed by atoms with Gasteiger partial charge in [0.05, 0.1) is 0 Å². The zero-order valence-corrected chi connectivity index (χ0v) is 20.2. The van der Waals surface area contributed by atoms with Crippen molar-refractivity contribution in [2.75, 3.05) is 13.1 Å². The van der Waals surface area contributed by atoms with Gasteiger partial charge in [-0.3, -0.25) is 29.0 Å². The number of nitrogens with zero attached hydrogens (tertiary/aromatic N) is 2. The van der Waals surface area contributed by atoms with Gasteiger partial charge in [-0.2, -0.15) is 0 Å². The topological polar surface area (TPSA) is 115 Å². The van der Waals surface area contributed by atoms with Crippen LogP contribution < -0.4 is 0 Å². The van der Waals surface area contributed by atoms with E-state index in [1.165, 1.54) is 9.80 Å². The summed E-state index contributed by atoms with van der Waals surface area (Å²) in [5.41, 5.74) is 2.85. The van der Waals surface area contributed by atoms with Crippen molar-refractivity contribution < 1.29 is 29.4 Å². The summed E-state index contributed by atoms with van der Waals surface area (Å²) in [5.74, 6) is -1.62. The summed E-state index contributed by atoms with van der Waals surface area (Å²) in [5, 5.41) is 19.7. The van der Waals surface area contributed by atoms with Gasteiger partial charge in [-0.25, -0.2) is 0 Å². The monoisotopic (exact) mass is 506 g/mol. The first kappa shape index (κ1) is 23.4. The molecule has 2 aliphatic rings. The third kappa shape index (κ3) is 3.69. The van der Waals surface area contributed by atoms with Gasteiger partial charge in [0.25, 0.3) is 23.6 Å². The molecule has 4 amide bonds. The highest BCUT2D eigenvalue weighted by atomic mass is 16.3. The number of aromatic hydroxyl groups is 2. The number of amides is 4. The van der Waals surface area contributed by atoms with Crippen LogP contribution in [0.15, 0.2) is 72.8 Å². The summed E-state index contributed by atoms with van der Waals surface area (Å²) < 4.78 is 0. The predicted octanol–water partition coefficient (Wildman–Crippen LogP) is 3.93. The summed E-state index contributed by atoms with van der Waals surface area (Å²) in [4.78, 5) is 55.9. The van der Waals surface area contributed by atoms with Crippen molar-refractivity contribution in [1.82, 2.24) is 9.80 Å². The molecule has 0 unspecified atom stereocenters. The highest BCUT2D eigenvalue weighted by Crippen LogP contribution is 2.38.